The molecule has 2 aromatic rings. The average Bonchev–Trinajstić information content (AvgIpc) is 2.62. The molecule has 0 atom stereocenters. The lowest BCUT2D eigenvalue weighted by atomic mass is 10.3. The van der Waals surface area contributed by atoms with E-state index in [4.69, 9.17) is 11.6 Å². The Bertz CT molecular complexity index is 668. The maximum absolute atomic E-state index is 12.7. The van der Waals surface area contributed by atoms with Crippen LogP contribution in [0.1, 0.15) is 5.69 Å². The van der Waals surface area contributed by atoms with E-state index < -0.39 is 15.8 Å². The molecule has 1 aromatic carbocycles. The minimum atomic E-state index is -3.74. The number of thiazole rings is 1. The van der Waals surface area contributed by atoms with Crippen LogP contribution >= 0.6 is 22.9 Å². The standard InChI is InChI=1S/C10H8ClFN2O2S2/c1-6-9(17-10(11)13-6)18(15,16)14-8-4-2-7(12)3-5-8/h2-5,14H,1H3. The summed E-state index contributed by atoms with van der Waals surface area (Å²) >= 11 is 6.53. The first-order chi connectivity index (χ1) is 8.38. The molecule has 18 heavy (non-hydrogen) atoms. The van der Waals surface area contributed by atoms with Crippen molar-refractivity contribution in [3.05, 3.63) is 40.2 Å². The molecular formula is C10H8ClFN2O2S2. The molecule has 0 aliphatic rings. The van der Waals surface area contributed by atoms with Crippen LogP contribution in [0.25, 0.3) is 0 Å². The largest absolute Gasteiger partial charge is 0.279 e. The van der Waals surface area contributed by atoms with Gasteiger partial charge >= 0.3 is 0 Å². The first-order valence-electron chi connectivity index (χ1n) is 4.80. The molecule has 4 nitrogen and oxygen atoms in total. The van der Waals surface area contributed by atoms with E-state index in [2.05, 4.69) is 9.71 Å². The van der Waals surface area contributed by atoms with Crippen LogP contribution in [0.5, 0.6) is 0 Å². The van der Waals surface area contributed by atoms with Crippen molar-refractivity contribution >= 4 is 38.6 Å². The van der Waals surface area contributed by atoms with Gasteiger partial charge < -0.3 is 0 Å². The minimum absolute atomic E-state index is 0.0526. The summed E-state index contributed by atoms with van der Waals surface area (Å²) in [5, 5.41) is 0. The first kappa shape index (κ1) is 13.3. The summed E-state index contributed by atoms with van der Waals surface area (Å²) in [7, 11) is -3.74. The highest BCUT2D eigenvalue weighted by molar-refractivity contribution is 7.94. The Balaban J connectivity index is 2.33. The van der Waals surface area contributed by atoms with Gasteiger partial charge in [0.25, 0.3) is 10.0 Å². The van der Waals surface area contributed by atoms with E-state index in [9.17, 15) is 12.8 Å². The van der Waals surface area contributed by atoms with Crippen LogP contribution < -0.4 is 4.72 Å². The molecule has 8 heteroatoms. The third kappa shape index (κ3) is 2.80. The van der Waals surface area contributed by atoms with Crippen molar-refractivity contribution in [2.45, 2.75) is 11.1 Å². The molecular weight excluding hydrogens is 299 g/mol. The van der Waals surface area contributed by atoms with Crippen LogP contribution in [0.15, 0.2) is 28.5 Å². The van der Waals surface area contributed by atoms with Crippen LogP contribution in [0.4, 0.5) is 10.1 Å². The Morgan fingerprint density at radius 3 is 2.44 bits per heavy atom. The summed E-state index contributed by atoms with van der Waals surface area (Å²) in [6, 6.07) is 5.02. The molecule has 0 aliphatic carbocycles. The second-order valence-corrected chi connectivity index (χ2v) is 6.91. The van der Waals surface area contributed by atoms with Crippen molar-refractivity contribution in [2.24, 2.45) is 0 Å². The lowest BCUT2D eigenvalue weighted by Crippen LogP contribution is -2.12. The maximum atomic E-state index is 12.7. The fraction of sp³-hybridized carbons (Fsp3) is 0.100. The molecule has 0 amide bonds. The zero-order chi connectivity index (χ0) is 13.3. The highest BCUT2D eigenvalue weighted by Crippen LogP contribution is 2.28. The summed E-state index contributed by atoms with van der Waals surface area (Å²) in [6.07, 6.45) is 0. The smallest absolute Gasteiger partial charge is 0.273 e. The molecule has 0 spiro atoms. The van der Waals surface area contributed by atoms with Crippen LogP contribution in [-0.4, -0.2) is 13.4 Å². The number of anilines is 1. The Hall–Kier alpha value is -1.18. The van der Waals surface area contributed by atoms with Crippen LogP contribution in [0, 0.1) is 12.7 Å². The van der Waals surface area contributed by atoms with Gasteiger partial charge in [0.15, 0.2) is 8.68 Å². The Kier molecular flexibility index (Phi) is 3.56. The summed E-state index contributed by atoms with van der Waals surface area (Å²) in [5.41, 5.74) is 0.611. The van der Waals surface area contributed by atoms with Crippen molar-refractivity contribution in [3.63, 3.8) is 0 Å². The topological polar surface area (TPSA) is 59.1 Å². The van der Waals surface area contributed by atoms with Gasteiger partial charge in [0.05, 0.1) is 5.69 Å². The van der Waals surface area contributed by atoms with Crippen LogP contribution in [0.2, 0.25) is 4.47 Å². The number of hydrogen-bond acceptors (Lipinski definition) is 4. The molecule has 1 N–H and O–H groups in total. The highest BCUT2D eigenvalue weighted by Gasteiger charge is 2.21. The number of aryl methyl sites for hydroxylation is 1. The van der Waals surface area contributed by atoms with Gasteiger partial charge in [-0.1, -0.05) is 22.9 Å². The van der Waals surface area contributed by atoms with E-state index >= 15 is 0 Å². The van der Waals surface area contributed by atoms with Gasteiger partial charge in [-0.2, -0.15) is 0 Å². The molecule has 0 unspecified atom stereocenters. The number of rotatable bonds is 3. The number of sulfonamides is 1. The van der Waals surface area contributed by atoms with Gasteiger partial charge in [0.2, 0.25) is 0 Å². The molecule has 1 aromatic heterocycles. The lowest BCUT2D eigenvalue weighted by molar-refractivity contribution is 0.602. The third-order valence-electron chi connectivity index (χ3n) is 2.07. The molecule has 2 rings (SSSR count). The van der Waals surface area contributed by atoms with E-state index in [1.165, 1.54) is 24.3 Å². The number of halogens is 2. The molecule has 0 radical (unpaired) electrons. The zero-order valence-corrected chi connectivity index (χ0v) is 11.5. The zero-order valence-electron chi connectivity index (χ0n) is 9.15. The monoisotopic (exact) mass is 306 g/mol. The Labute approximate surface area is 112 Å². The van der Waals surface area contributed by atoms with E-state index in [-0.39, 0.29) is 14.4 Å². The summed E-state index contributed by atoms with van der Waals surface area (Å²) < 4.78 is 39.3. The third-order valence-corrected chi connectivity index (χ3v) is 5.32. The summed E-state index contributed by atoms with van der Waals surface area (Å²) in [5.74, 6) is -0.435. The quantitative estimate of drug-likeness (QED) is 0.948. The van der Waals surface area contributed by atoms with Crippen molar-refractivity contribution in [3.8, 4) is 0 Å². The van der Waals surface area contributed by atoms with E-state index in [1.807, 2.05) is 0 Å². The Morgan fingerprint density at radius 1 is 1.33 bits per heavy atom. The van der Waals surface area contributed by atoms with Gasteiger partial charge in [0.1, 0.15) is 5.82 Å². The number of benzene rings is 1. The molecule has 0 fully saturated rings. The summed E-state index contributed by atoms with van der Waals surface area (Å²) in [6.45, 7) is 1.56. The predicted molar refractivity (Wildman–Crippen MR) is 69.1 cm³/mol. The molecule has 0 aliphatic heterocycles. The Morgan fingerprint density at radius 2 is 1.94 bits per heavy atom. The average molecular weight is 307 g/mol. The number of nitrogens with zero attached hydrogens (tertiary/aromatic N) is 1. The molecule has 0 bridgehead atoms. The fourth-order valence-electron chi connectivity index (χ4n) is 1.32. The van der Waals surface area contributed by atoms with Gasteiger partial charge in [-0.3, -0.25) is 4.72 Å². The van der Waals surface area contributed by atoms with Gasteiger partial charge in [0, 0.05) is 5.69 Å². The minimum Gasteiger partial charge on any atom is -0.279 e. The van der Waals surface area contributed by atoms with E-state index in [1.54, 1.807) is 6.92 Å². The molecule has 0 saturated carbocycles. The van der Waals surface area contributed by atoms with Gasteiger partial charge in [-0.05, 0) is 31.2 Å². The number of nitrogens with one attached hydrogen (secondary N) is 1. The SMILES string of the molecule is Cc1nc(Cl)sc1S(=O)(=O)Nc1ccc(F)cc1. The normalized spacial score (nSPS) is 11.5. The van der Waals surface area contributed by atoms with E-state index in [0.717, 1.165) is 11.3 Å². The first-order valence-corrected chi connectivity index (χ1v) is 7.47. The molecule has 0 saturated heterocycles. The lowest BCUT2D eigenvalue weighted by Gasteiger charge is -2.06. The summed E-state index contributed by atoms with van der Waals surface area (Å²) in [4.78, 5) is 3.84. The molecule has 96 valence electrons. The van der Waals surface area contributed by atoms with Gasteiger partial charge in [-0.15, -0.1) is 0 Å². The second-order valence-electron chi connectivity index (χ2n) is 3.45. The molecule has 1 heterocycles. The van der Waals surface area contributed by atoms with Crippen LogP contribution in [-0.2, 0) is 10.0 Å². The second kappa shape index (κ2) is 4.83. The predicted octanol–water partition coefficient (Wildman–Crippen LogP) is 3.04. The highest BCUT2D eigenvalue weighted by atomic mass is 35.5. The number of aromatic nitrogens is 1. The van der Waals surface area contributed by atoms with E-state index in [0.29, 0.717) is 5.69 Å². The van der Waals surface area contributed by atoms with Crippen molar-refractivity contribution < 1.29 is 12.8 Å². The fourth-order valence-corrected chi connectivity index (χ4v) is 4.12. The van der Waals surface area contributed by atoms with Crippen molar-refractivity contribution in [2.75, 3.05) is 4.72 Å². The van der Waals surface area contributed by atoms with Crippen LogP contribution in [0.3, 0.4) is 0 Å². The van der Waals surface area contributed by atoms with Crippen molar-refractivity contribution in [1.29, 1.82) is 0 Å². The van der Waals surface area contributed by atoms with Gasteiger partial charge in [-0.25, -0.2) is 17.8 Å². The van der Waals surface area contributed by atoms with Crippen molar-refractivity contribution in [1.82, 2.24) is 4.98 Å². The number of hydrogen-bond donors (Lipinski definition) is 1. The maximum Gasteiger partial charge on any atom is 0.273 e.